The monoisotopic (exact) mass is 383 g/mol. The van der Waals surface area contributed by atoms with Crippen LogP contribution < -0.4 is 10.1 Å². The molecule has 1 unspecified atom stereocenters. The molecule has 0 bridgehead atoms. The molecule has 1 atom stereocenters. The topological polar surface area (TPSA) is 67.3 Å². The number of aromatic nitrogens is 2. The van der Waals surface area contributed by atoms with E-state index in [0.717, 1.165) is 29.0 Å². The van der Waals surface area contributed by atoms with Gasteiger partial charge in [-0.05, 0) is 42.3 Å². The molecule has 0 aliphatic rings. The molecule has 0 aliphatic carbocycles. The molecule has 2 aromatic carbocycles. The van der Waals surface area contributed by atoms with Gasteiger partial charge in [-0.1, -0.05) is 37.1 Å². The van der Waals surface area contributed by atoms with Crippen molar-refractivity contribution in [3.63, 3.8) is 0 Å². The van der Waals surface area contributed by atoms with E-state index in [-0.39, 0.29) is 11.8 Å². The quantitative estimate of drug-likeness (QED) is 0.566. The van der Waals surface area contributed by atoms with Gasteiger partial charge in [0.05, 0.1) is 31.2 Å². The lowest BCUT2D eigenvalue weighted by atomic mass is 10.0. The Morgan fingerprint density at radius 3 is 2.63 bits per heavy atom. The smallest absolute Gasteiger partial charge is 0.161 e. The van der Waals surface area contributed by atoms with E-state index in [4.69, 9.17) is 16.3 Å². The summed E-state index contributed by atoms with van der Waals surface area (Å²) in [5.41, 5.74) is 2.67. The maximum absolute atomic E-state index is 9.78. The van der Waals surface area contributed by atoms with E-state index < -0.39 is 0 Å². The number of phenolic OH excluding ortho intramolecular Hbond substituents is 1. The highest BCUT2D eigenvalue weighted by Gasteiger charge is 2.13. The zero-order valence-corrected chi connectivity index (χ0v) is 16.1. The highest BCUT2D eigenvalue weighted by atomic mass is 35.5. The van der Waals surface area contributed by atoms with Crippen LogP contribution in [0.4, 0.5) is 5.82 Å². The summed E-state index contributed by atoms with van der Waals surface area (Å²) < 4.78 is 5.18. The fraction of sp³-hybridized carbons (Fsp3) is 0.238. The number of hydrogen-bond donors (Lipinski definition) is 2. The SMILES string of the molecule is CCCC(Nc1cncc(-c2ccc(O)c(OC)c2)n1)c1ccc(Cl)cc1. The van der Waals surface area contributed by atoms with Crippen LogP contribution in [-0.2, 0) is 0 Å². The Balaban J connectivity index is 1.86. The van der Waals surface area contributed by atoms with E-state index >= 15 is 0 Å². The number of ether oxygens (including phenoxy) is 1. The minimum atomic E-state index is 0.0919. The zero-order valence-electron chi connectivity index (χ0n) is 15.3. The van der Waals surface area contributed by atoms with Crippen LogP contribution in [0.25, 0.3) is 11.3 Å². The van der Waals surface area contributed by atoms with Crippen molar-refractivity contribution in [1.82, 2.24) is 9.97 Å². The minimum absolute atomic E-state index is 0.0919. The van der Waals surface area contributed by atoms with E-state index in [1.165, 1.54) is 7.11 Å². The van der Waals surface area contributed by atoms with Gasteiger partial charge in [0, 0.05) is 10.6 Å². The Morgan fingerprint density at radius 2 is 1.93 bits per heavy atom. The average molecular weight is 384 g/mol. The maximum Gasteiger partial charge on any atom is 0.161 e. The summed E-state index contributed by atoms with van der Waals surface area (Å²) in [5, 5.41) is 14.0. The Hall–Kier alpha value is -2.79. The maximum atomic E-state index is 9.78. The number of halogens is 1. The molecule has 140 valence electrons. The number of aromatic hydroxyl groups is 1. The van der Waals surface area contributed by atoms with E-state index in [0.29, 0.717) is 17.3 Å². The van der Waals surface area contributed by atoms with Gasteiger partial charge in [0.1, 0.15) is 5.82 Å². The molecule has 0 radical (unpaired) electrons. The summed E-state index contributed by atoms with van der Waals surface area (Å²) in [4.78, 5) is 8.99. The first-order valence-corrected chi connectivity index (χ1v) is 9.20. The van der Waals surface area contributed by atoms with Crippen molar-refractivity contribution in [3.05, 3.63) is 65.4 Å². The minimum Gasteiger partial charge on any atom is -0.504 e. The summed E-state index contributed by atoms with van der Waals surface area (Å²) in [6.07, 6.45) is 5.39. The first-order chi connectivity index (χ1) is 13.1. The summed E-state index contributed by atoms with van der Waals surface area (Å²) in [6.45, 7) is 2.15. The lowest BCUT2D eigenvalue weighted by Gasteiger charge is -2.19. The van der Waals surface area contributed by atoms with E-state index in [1.54, 1.807) is 30.6 Å². The van der Waals surface area contributed by atoms with Crippen LogP contribution in [-0.4, -0.2) is 22.2 Å². The average Bonchev–Trinajstić information content (AvgIpc) is 2.69. The van der Waals surface area contributed by atoms with Crippen molar-refractivity contribution in [2.24, 2.45) is 0 Å². The number of phenols is 1. The van der Waals surface area contributed by atoms with Crippen molar-refractivity contribution in [3.8, 4) is 22.8 Å². The fourth-order valence-electron chi connectivity index (χ4n) is 2.90. The van der Waals surface area contributed by atoms with Crippen LogP contribution in [0, 0.1) is 0 Å². The summed E-state index contributed by atoms with van der Waals surface area (Å²) in [7, 11) is 1.52. The lowest BCUT2D eigenvalue weighted by Crippen LogP contribution is -2.12. The van der Waals surface area contributed by atoms with Crippen molar-refractivity contribution in [2.45, 2.75) is 25.8 Å². The number of nitrogens with zero attached hydrogens (tertiary/aromatic N) is 2. The van der Waals surface area contributed by atoms with Gasteiger partial charge < -0.3 is 15.2 Å². The van der Waals surface area contributed by atoms with Gasteiger partial charge in [-0.25, -0.2) is 4.98 Å². The van der Waals surface area contributed by atoms with Crippen molar-refractivity contribution in [2.75, 3.05) is 12.4 Å². The molecule has 0 saturated carbocycles. The van der Waals surface area contributed by atoms with Crippen molar-refractivity contribution >= 4 is 17.4 Å². The van der Waals surface area contributed by atoms with Gasteiger partial charge in [0.2, 0.25) is 0 Å². The lowest BCUT2D eigenvalue weighted by molar-refractivity contribution is 0.373. The Bertz CT molecular complexity index is 900. The molecule has 5 nitrogen and oxygen atoms in total. The first kappa shape index (κ1) is 19.0. The fourth-order valence-corrected chi connectivity index (χ4v) is 3.02. The van der Waals surface area contributed by atoms with Gasteiger partial charge in [-0.2, -0.15) is 0 Å². The van der Waals surface area contributed by atoms with E-state index in [1.807, 2.05) is 24.3 Å². The predicted molar refractivity (Wildman–Crippen MR) is 108 cm³/mol. The number of methoxy groups -OCH3 is 1. The van der Waals surface area contributed by atoms with E-state index in [9.17, 15) is 5.11 Å². The molecule has 3 rings (SSSR count). The Kier molecular flexibility index (Phi) is 6.14. The number of benzene rings is 2. The number of nitrogens with one attached hydrogen (secondary N) is 1. The normalized spacial score (nSPS) is 11.8. The van der Waals surface area contributed by atoms with Gasteiger partial charge in [0.15, 0.2) is 11.5 Å². The molecule has 6 heteroatoms. The predicted octanol–water partition coefficient (Wildman–Crippen LogP) is 5.46. The molecule has 3 aromatic rings. The van der Waals surface area contributed by atoms with Crippen LogP contribution in [0.1, 0.15) is 31.4 Å². The van der Waals surface area contributed by atoms with Gasteiger partial charge >= 0.3 is 0 Å². The largest absolute Gasteiger partial charge is 0.504 e. The number of hydrogen-bond acceptors (Lipinski definition) is 5. The van der Waals surface area contributed by atoms with Crippen molar-refractivity contribution < 1.29 is 9.84 Å². The molecule has 0 amide bonds. The van der Waals surface area contributed by atoms with Crippen LogP contribution in [0.2, 0.25) is 5.02 Å². The molecule has 1 aromatic heterocycles. The van der Waals surface area contributed by atoms with Crippen LogP contribution in [0.3, 0.4) is 0 Å². The van der Waals surface area contributed by atoms with Crippen LogP contribution in [0.5, 0.6) is 11.5 Å². The van der Waals surface area contributed by atoms with Crippen molar-refractivity contribution in [1.29, 1.82) is 0 Å². The number of rotatable bonds is 7. The summed E-state index contributed by atoms with van der Waals surface area (Å²) in [5.74, 6) is 1.18. The summed E-state index contributed by atoms with van der Waals surface area (Å²) in [6, 6.07) is 13.1. The third-order valence-corrected chi connectivity index (χ3v) is 4.53. The Labute approximate surface area is 164 Å². The number of anilines is 1. The molecular formula is C21H22ClN3O2. The highest BCUT2D eigenvalue weighted by Crippen LogP contribution is 2.31. The molecule has 0 spiro atoms. The second-order valence-corrected chi connectivity index (χ2v) is 6.65. The molecule has 0 saturated heterocycles. The highest BCUT2D eigenvalue weighted by molar-refractivity contribution is 6.30. The van der Waals surface area contributed by atoms with E-state index in [2.05, 4.69) is 22.2 Å². The second-order valence-electron chi connectivity index (χ2n) is 6.21. The first-order valence-electron chi connectivity index (χ1n) is 8.82. The zero-order chi connectivity index (χ0) is 19.2. The molecule has 27 heavy (non-hydrogen) atoms. The molecule has 0 aliphatic heterocycles. The van der Waals surface area contributed by atoms with Gasteiger partial charge in [-0.3, -0.25) is 4.98 Å². The van der Waals surface area contributed by atoms with Gasteiger partial charge in [0.25, 0.3) is 0 Å². The van der Waals surface area contributed by atoms with Gasteiger partial charge in [-0.15, -0.1) is 0 Å². The second kappa shape index (κ2) is 8.73. The molecule has 0 fully saturated rings. The molecular weight excluding hydrogens is 362 g/mol. The third kappa shape index (κ3) is 4.68. The third-order valence-electron chi connectivity index (χ3n) is 4.28. The summed E-state index contributed by atoms with van der Waals surface area (Å²) >= 11 is 6.01. The molecule has 2 N–H and O–H groups in total. The standard InChI is InChI=1S/C21H22ClN3O2/c1-3-4-17(14-5-8-16(22)9-6-14)24-21-13-23-12-18(25-21)15-7-10-19(26)20(11-15)27-2/h5-13,17,26H,3-4H2,1-2H3,(H,24,25). The van der Waals surface area contributed by atoms with Crippen LogP contribution in [0.15, 0.2) is 54.9 Å². The van der Waals surface area contributed by atoms with Crippen LogP contribution >= 0.6 is 11.6 Å². The Morgan fingerprint density at radius 1 is 1.15 bits per heavy atom. The molecule has 1 heterocycles.